The Kier molecular flexibility index (Phi) is 58.5. The van der Waals surface area contributed by atoms with Crippen LogP contribution in [0.25, 0.3) is 0 Å². The molecule has 0 saturated carbocycles. The number of carbonyl (C=O) groups excluding carboxylic acids is 2. The van der Waals surface area contributed by atoms with E-state index in [2.05, 4.69) is 31.3 Å². The highest BCUT2D eigenvalue weighted by Gasteiger charge is 2.18. The molecule has 414 valence electrons. The van der Waals surface area contributed by atoms with Gasteiger partial charge in [-0.1, -0.05) is 301 Å². The van der Waals surface area contributed by atoms with E-state index in [-0.39, 0.29) is 18.5 Å². The van der Waals surface area contributed by atoms with E-state index in [1.165, 1.54) is 263 Å². The molecule has 2 atom stereocenters. The Labute approximate surface area is 437 Å². The zero-order chi connectivity index (χ0) is 50.7. The van der Waals surface area contributed by atoms with Crippen molar-refractivity contribution >= 4 is 11.9 Å². The van der Waals surface area contributed by atoms with Crippen LogP contribution in [0.3, 0.4) is 0 Å². The van der Waals surface area contributed by atoms with E-state index < -0.39 is 12.1 Å². The first-order valence-corrected chi connectivity index (χ1v) is 31.6. The molecule has 0 bridgehead atoms. The first kappa shape index (κ1) is 68.3. The number of rotatable bonds is 59. The molecule has 0 aliphatic heterocycles. The van der Waals surface area contributed by atoms with Gasteiger partial charge < -0.3 is 20.3 Å². The van der Waals surface area contributed by atoms with Gasteiger partial charge in [0.1, 0.15) is 0 Å². The van der Waals surface area contributed by atoms with Gasteiger partial charge in [0.25, 0.3) is 0 Å². The van der Waals surface area contributed by atoms with Crippen LogP contribution >= 0.6 is 0 Å². The van der Waals surface area contributed by atoms with Gasteiger partial charge in [0.15, 0.2) is 0 Å². The lowest BCUT2D eigenvalue weighted by Crippen LogP contribution is -2.45. The van der Waals surface area contributed by atoms with Gasteiger partial charge in [-0.3, -0.25) is 9.59 Å². The van der Waals surface area contributed by atoms with Crippen LogP contribution in [0.2, 0.25) is 0 Å². The van der Waals surface area contributed by atoms with E-state index in [9.17, 15) is 19.8 Å². The highest BCUT2D eigenvalue weighted by atomic mass is 16.5. The fourth-order valence-electron chi connectivity index (χ4n) is 9.87. The maximum Gasteiger partial charge on any atom is 0.305 e. The lowest BCUT2D eigenvalue weighted by Gasteiger charge is -2.20. The lowest BCUT2D eigenvalue weighted by atomic mass is 10.0. The monoisotopic (exact) mass is 986 g/mol. The zero-order valence-electron chi connectivity index (χ0n) is 47.3. The van der Waals surface area contributed by atoms with Gasteiger partial charge in [0.05, 0.1) is 25.4 Å². The first-order chi connectivity index (χ1) is 34.5. The molecule has 3 N–H and O–H groups in total. The lowest BCUT2D eigenvalue weighted by molar-refractivity contribution is -0.143. The van der Waals surface area contributed by atoms with E-state index in [0.29, 0.717) is 19.4 Å². The van der Waals surface area contributed by atoms with Crippen LogP contribution < -0.4 is 5.32 Å². The predicted molar refractivity (Wildman–Crippen MR) is 306 cm³/mol. The summed E-state index contributed by atoms with van der Waals surface area (Å²) in [5.74, 6) is -0.0856. The number of aliphatic hydroxyl groups is 2. The van der Waals surface area contributed by atoms with Gasteiger partial charge in [-0.05, 0) is 57.8 Å². The van der Waals surface area contributed by atoms with Crippen molar-refractivity contribution in [3.05, 3.63) is 24.3 Å². The summed E-state index contributed by atoms with van der Waals surface area (Å²) in [5.41, 5.74) is 0. The molecular weight excluding hydrogens is 863 g/mol. The molecule has 0 aromatic heterocycles. The standard InChI is InChI=1S/C64H123NO5/c1-3-5-7-9-11-13-15-17-19-20-21-22-23-24-25-26-27-29-32-36-40-44-48-52-56-62(67)61(60-66)65-63(68)57-53-49-45-41-37-33-30-31-35-39-43-47-51-55-59-70-64(69)58-54-50-46-42-38-34-28-18-16-14-12-10-8-6-4-2/h18,28,52,56,61-62,66-67H,3-17,19-27,29-51,53-55,57-60H2,1-2H3,(H,65,68)/b28-18-,56-52+. The highest BCUT2D eigenvalue weighted by Crippen LogP contribution is 2.18. The molecule has 0 aromatic rings. The van der Waals surface area contributed by atoms with Crippen molar-refractivity contribution in [2.75, 3.05) is 13.2 Å². The number of unbranched alkanes of at least 4 members (excludes halogenated alkanes) is 46. The summed E-state index contributed by atoms with van der Waals surface area (Å²) in [4.78, 5) is 24.6. The minimum Gasteiger partial charge on any atom is -0.466 e. The number of hydrogen-bond acceptors (Lipinski definition) is 5. The minimum atomic E-state index is -0.853. The van der Waals surface area contributed by atoms with E-state index >= 15 is 0 Å². The molecule has 0 heterocycles. The van der Waals surface area contributed by atoms with Gasteiger partial charge in [0.2, 0.25) is 5.91 Å². The highest BCUT2D eigenvalue weighted by molar-refractivity contribution is 5.76. The fraction of sp³-hybridized carbons (Fsp3) is 0.906. The van der Waals surface area contributed by atoms with E-state index in [0.717, 1.165) is 57.8 Å². The Hall–Kier alpha value is -1.66. The summed E-state index contributed by atoms with van der Waals surface area (Å²) < 4.78 is 5.47. The molecule has 1 amide bonds. The number of ether oxygens (including phenoxy) is 1. The van der Waals surface area contributed by atoms with Crippen LogP contribution in [-0.4, -0.2) is 47.4 Å². The molecular formula is C64H123NO5. The number of allylic oxidation sites excluding steroid dienone is 3. The molecule has 0 saturated heterocycles. The molecule has 6 nitrogen and oxygen atoms in total. The number of nitrogens with one attached hydrogen (secondary N) is 1. The maximum atomic E-state index is 12.5. The molecule has 0 radical (unpaired) electrons. The quantitative estimate of drug-likeness (QED) is 0.0321. The Morgan fingerprint density at radius 2 is 0.671 bits per heavy atom. The summed E-state index contributed by atoms with van der Waals surface area (Å²) >= 11 is 0. The average Bonchev–Trinajstić information content (AvgIpc) is 3.36. The first-order valence-electron chi connectivity index (χ1n) is 31.6. The number of amides is 1. The molecule has 2 unspecified atom stereocenters. The van der Waals surface area contributed by atoms with Crippen molar-refractivity contribution in [1.82, 2.24) is 5.32 Å². The van der Waals surface area contributed by atoms with Gasteiger partial charge in [-0.2, -0.15) is 0 Å². The maximum absolute atomic E-state index is 12.5. The SMILES string of the molecule is CCCCCCCC/C=C\CCCCCCCC(=O)OCCCCCCCCCCCCCCCCC(=O)NC(CO)C(O)/C=C/CCCCCCCCCCCCCCCCCCCCCCCC. The van der Waals surface area contributed by atoms with Crippen LogP contribution in [0.5, 0.6) is 0 Å². The van der Waals surface area contributed by atoms with Gasteiger partial charge in [-0.25, -0.2) is 0 Å². The molecule has 6 heteroatoms. The molecule has 0 aromatic carbocycles. The van der Waals surface area contributed by atoms with Gasteiger partial charge >= 0.3 is 5.97 Å². The van der Waals surface area contributed by atoms with Crippen LogP contribution in [0.4, 0.5) is 0 Å². The van der Waals surface area contributed by atoms with Crippen molar-refractivity contribution < 1.29 is 24.5 Å². The number of aliphatic hydroxyl groups excluding tert-OH is 2. The van der Waals surface area contributed by atoms with Crippen LogP contribution in [0, 0.1) is 0 Å². The van der Waals surface area contributed by atoms with Crippen molar-refractivity contribution in [2.45, 2.75) is 360 Å². The summed E-state index contributed by atoms with van der Waals surface area (Å²) in [6.45, 7) is 4.90. The van der Waals surface area contributed by atoms with Crippen LogP contribution in [-0.2, 0) is 14.3 Å². The fourth-order valence-corrected chi connectivity index (χ4v) is 9.87. The Bertz CT molecular complexity index is 1090. The normalized spacial score (nSPS) is 12.7. The summed E-state index contributed by atoms with van der Waals surface area (Å²) in [5, 5.41) is 23.2. The van der Waals surface area contributed by atoms with Crippen molar-refractivity contribution in [3.8, 4) is 0 Å². The molecule has 0 aliphatic carbocycles. The molecule has 0 aliphatic rings. The summed E-state index contributed by atoms with van der Waals surface area (Å²) in [6, 6.07) is -0.637. The van der Waals surface area contributed by atoms with Gasteiger partial charge in [0, 0.05) is 12.8 Å². The number of carbonyl (C=O) groups is 2. The third-order valence-electron chi connectivity index (χ3n) is 14.7. The van der Waals surface area contributed by atoms with E-state index in [1.54, 1.807) is 6.08 Å². The second-order valence-corrected chi connectivity index (χ2v) is 21.7. The second-order valence-electron chi connectivity index (χ2n) is 21.7. The zero-order valence-corrected chi connectivity index (χ0v) is 47.3. The third-order valence-corrected chi connectivity index (χ3v) is 14.7. The van der Waals surface area contributed by atoms with E-state index in [4.69, 9.17) is 4.74 Å². The van der Waals surface area contributed by atoms with Crippen molar-refractivity contribution in [2.24, 2.45) is 0 Å². The molecule has 0 spiro atoms. The average molecular weight is 987 g/mol. The third kappa shape index (κ3) is 55.7. The Morgan fingerprint density at radius 3 is 1.01 bits per heavy atom. The summed E-state index contributed by atoms with van der Waals surface area (Å²) in [6.07, 6.45) is 73.6. The largest absolute Gasteiger partial charge is 0.466 e. The minimum absolute atomic E-state index is 0.0105. The van der Waals surface area contributed by atoms with E-state index in [1.807, 2.05) is 6.08 Å². The second kappa shape index (κ2) is 59.9. The van der Waals surface area contributed by atoms with Crippen molar-refractivity contribution in [3.63, 3.8) is 0 Å². The summed E-state index contributed by atoms with van der Waals surface area (Å²) in [7, 11) is 0. The van der Waals surface area contributed by atoms with Gasteiger partial charge in [-0.15, -0.1) is 0 Å². The molecule has 0 rings (SSSR count). The van der Waals surface area contributed by atoms with Crippen LogP contribution in [0.1, 0.15) is 348 Å². The predicted octanol–water partition coefficient (Wildman–Crippen LogP) is 19.8. The Morgan fingerprint density at radius 1 is 0.386 bits per heavy atom. The Balaban J connectivity index is 3.47. The number of hydrogen-bond donors (Lipinski definition) is 3. The smallest absolute Gasteiger partial charge is 0.305 e. The van der Waals surface area contributed by atoms with Crippen LogP contribution in [0.15, 0.2) is 24.3 Å². The molecule has 70 heavy (non-hydrogen) atoms. The number of esters is 1. The molecule has 0 fully saturated rings. The van der Waals surface area contributed by atoms with Crippen molar-refractivity contribution in [1.29, 1.82) is 0 Å². The topological polar surface area (TPSA) is 95.9 Å².